The molecule has 4 heteroatoms. The van der Waals surface area contributed by atoms with E-state index in [1.54, 1.807) is 0 Å². The van der Waals surface area contributed by atoms with Crippen molar-refractivity contribution in [1.82, 2.24) is 0 Å². The summed E-state index contributed by atoms with van der Waals surface area (Å²) in [5.74, 6) is 0. The van der Waals surface area contributed by atoms with Crippen LogP contribution in [-0.4, -0.2) is 28.4 Å². The Morgan fingerprint density at radius 3 is 2.52 bits per heavy atom. The molecule has 0 N–H and O–H groups in total. The van der Waals surface area contributed by atoms with E-state index in [1.165, 1.54) is 10.5 Å². The average Bonchev–Trinajstić information content (AvgIpc) is 2.93. The van der Waals surface area contributed by atoms with Gasteiger partial charge in [-0.1, -0.05) is 48.5 Å². The fourth-order valence-electron chi connectivity index (χ4n) is 3.77. The highest BCUT2D eigenvalue weighted by Crippen LogP contribution is 2.49. The van der Waals surface area contributed by atoms with Gasteiger partial charge in [-0.2, -0.15) is 0 Å². The Bertz CT molecular complexity index is 696. The number of rotatable bonds is 5. The maximum absolute atomic E-state index is 6.77. The minimum absolute atomic E-state index is 0.0164. The molecule has 2 bridgehead atoms. The van der Waals surface area contributed by atoms with Gasteiger partial charge in [0.05, 0.1) is 28.9 Å². The summed E-state index contributed by atoms with van der Waals surface area (Å²) in [6.45, 7) is 2.79. The molecular formula is C21H23ClO2S. The Labute approximate surface area is 158 Å². The minimum atomic E-state index is -0.303. The first-order valence-electron chi connectivity index (χ1n) is 8.85. The molecule has 2 nitrogen and oxygen atoms in total. The van der Waals surface area contributed by atoms with Gasteiger partial charge in [0.15, 0.2) is 0 Å². The van der Waals surface area contributed by atoms with Crippen molar-refractivity contribution in [2.75, 3.05) is 0 Å². The molecule has 0 aliphatic carbocycles. The summed E-state index contributed by atoms with van der Waals surface area (Å²) in [5.41, 5.74) is 0.890. The monoisotopic (exact) mass is 374 g/mol. The van der Waals surface area contributed by atoms with E-state index in [2.05, 4.69) is 43.3 Å². The van der Waals surface area contributed by atoms with Gasteiger partial charge in [0, 0.05) is 4.90 Å². The molecule has 5 atom stereocenters. The van der Waals surface area contributed by atoms with E-state index in [9.17, 15) is 0 Å². The fourth-order valence-corrected chi connectivity index (χ4v) is 5.65. The van der Waals surface area contributed by atoms with Crippen LogP contribution in [0.1, 0.15) is 25.3 Å². The first-order chi connectivity index (χ1) is 12.2. The van der Waals surface area contributed by atoms with Crippen LogP contribution in [-0.2, 0) is 16.1 Å². The van der Waals surface area contributed by atoms with Crippen molar-refractivity contribution in [2.45, 2.75) is 59.7 Å². The Morgan fingerprint density at radius 2 is 1.80 bits per heavy atom. The van der Waals surface area contributed by atoms with Crippen LogP contribution in [0.25, 0.3) is 0 Å². The molecule has 132 valence electrons. The number of thioether (sulfide) groups is 1. The number of fused-ring (bicyclic) bond motifs is 2. The first-order valence-corrected chi connectivity index (χ1v) is 10.2. The highest BCUT2D eigenvalue weighted by molar-refractivity contribution is 8.00. The highest BCUT2D eigenvalue weighted by atomic mass is 35.5. The molecule has 4 rings (SSSR count). The average molecular weight is 375 g/mol. The van der Waals surface area contributed by atoms with Crippen LogP contribution in [0.2, 0.25) is 0 Å². The topological polar surface area (TPSA) is 18.5 Å². The molecule has 2 fully saturated rings. The normalized spacial score (nSPS) is 34.2. The third-order valence-electron chi connectivity index (χ3n) is 5.24. The van der Waals surface area contributed by atoms with Crippen LogP contribution in [0, 0.1) is 0 Å². The van der Waals surface area contributed by atoms with Crippen molar-refractivity contribution in [3.63, 3.8) is 0 Å². The lowest BCUT2D eigenvalue weighted by Crippen LogP contribution is -2.48. The predicted octanol–water partition coefficient (Wildman–Crippen LogP) is 5.29. The van der Waals surface area contributed by atoms with E-state index in [1.807, 2.05) is 36.0 Å². The zero-order chi connectivity index (χ0) is 17.3. The third-order valence-corrected chi connectivity index (χ3v) is 7.30. The molecule has 0 saturated carbocycles. The van der Waals surface area contributed by atoms with Crippen LogP contribution in [0.3, 0.4) is 0 Å². The summed E-state index contributed by atoms with van der Waals surface area (Å²) in [7, 11) is 0. The van der Waals surface area contributed by atoms with Gasteiger partial charge in [0.2, 0.25) is 0 Å². The largest absolute Gasteiger partial charge is 0.369 e. The number of halogens is 1. The van der Waals surface area contributed by atoms with Gasteiger partial charge in [-0.05, 0) is 37.5 Å². The Morgan fingerprint density at radius 1 is 1.12 bits per heavy atom. The summed E-state index contributed by atoms with van der Waals surface area (Å²) in [6.07, 6.45) is 2.11. The van der Waals surface area contributed by atoms with Crippen LogP contribution < -0.4 is 0 Å². The van der Waals surface area contributed by atoms with Crippen molar-refractivity contribution in [3.8, 4) is 0 Å². The quantitative estimate of drug-likeness (QED) is 0.662. The highest BCUT2D eigenvalue weighted by Gasteiger charge is 2.56. The van der Waals surface area contributed by atoms with E-state index < -0.39 is 0 Å². The molecule has 0 aromatic heterocycles. The SMILES string of the molecule is C[C@]1(OCc2ccccc2)CC[C@@H]2O[C@H]1[C@@H](Sc1ccccc1)[C@@H]2Cl. The standard InChI is InChI=1S/C21H23ClO2S/c1-21(23-14-15-8-4-2-5-9-15)13-12-17-18(22)19(20(21)24-17)25-16-10-6-3-7-11-16/h2-11,17-20H,12-14H2,1H3/t17-,18+,19-,20-,21-/m0/s1. The van der Waals surface area contributed by atoms with E-state index in [-0.39, 0.29) is 28.4 Å². The lowest BCUT2D eigenvalue weighted by Gasteiger charge is -2.40. The summed E-state index contributed by atoms with van der Waals surface area (Å²) < 4.78 is 12.7. The Kier molecular flexibility index (Phi) is 5.10. The molecule has 0 spiro atoms. The predicted molar refractivity (Wildman–Crippen MR) is 103 cm³/mol. The van der Waals surface area contributed by atoms with Gasteiger partial charge in [-0.25, -0.2) is 0 Å². The van der Waals surface area contributed by atoms with E-state index in [0.717, 1.165) is 12.8 Å². The Hall–Kier alpha value is -1.00. The van der Waals surface area contributed by atoms with Crippen molar-refractivity contribution in [3.05, 3.63) is 66.2 Å². The van der Waals surface area contributed by atoms with E-state index in [0.29, 0.717) is 6.61 Å². The molecule has 2 aromatic carbocycles. The summed E-state index contributed by atoms with van der Waals surface area (Å²) in [5, 5.41) is 0.231. The second-order valence-corrected chi connectivity index (χ2v) is 8.82. The number of ether oxygens (including phenoxy) is 2. The zero-order valence-corrected chi connectivity index (χ0v) is 15.9. The van der Waals surface area contributed by atoms with Crippen LogP contribution in [0.15, 0.2) is 65.6 Å². The molecule has 2 aliphatic heterocycles. The molecular weight excluding hydrogens is 352 g/mol. The number of hydrogen-bond donors (Lipinski definition) is 0. The molecule has 0 amide bonds. The van der Waals surface area contributed by atoms with E-state index >= 15 is 0 Å². The third kappa shape index (κ3) is 3.61. The van der Waals surface area contributed by atoms with Gasteiger partial charge in [0.25, 0.3) is 0 Å². The smallest absolute Gasteiger partial charge is 0.100 e. The lowest BCUT2D eigenvalue weighted by atomic mass is 9.91. The summed E-state index contributed by atoms with van der Waals surface area (Å²) >= 11 is 8.59. The van der Waals surface area contributed by atoms with Crippen molar-refractivity contribution in [1.29, 1.82) is 0 Å². The number of hydrogen-bond acceptors (Lipinski definition) is 3. The molecule has 0 unspecified atom stereocenters. The molecule has 0 radical (unpaired) electrons. The van der Waals surface area contributed by atoms with Gasteiger partial charge < -0.3 is 9.47 Å². The van der Waals surface area contributed by atoms with Crippen LogP contribution >= 0.6 is 23.4 Å². The zero-order valence-electron chi connectivity index (χ0n) is 14.3. The maximum Gasteiger partial charge on any atom is 0.100 e. The Balaban J connectivity index is 1.51. The van der Waals surface area contributed by atoms with Gasteiger partial charge in [-0.3, -0.25) is 0 Å². The molecule has 25 heavy (non-hydrogen) atoms. The van der Waals surface area contributed by atoms with E-state index in [4.69, 9.17) is 21.1 Å². The first kappa shape index (κ1) is 17.4. The summed E-state index contributed by atoms with van der Waals surface area (Å²) in [6, 6.07) is 20.8. The number of alkyl halides is 1. The maximum atomic E-state index is 6.77. The van der Waals surface area contributed by atoms with Crippen LogP contribution in [0.4, 0.5) is 0 Å². The van der Waals surface area contributed by atoms with Gasteiger partial charge >= 0.3 is 0 Å². The van der Waals surface area contributed by atoms with Crippen molar-refractivity contribution >= 4 is 23.4 Å². The fraction of sp³-hybridized carbons (Fsp3) is 0.429. The minimum Gasteiger partial charge on any atom is -0.369 e. The van der Waals surface area contributed by atoms with Crippen molar-refractivity contribution < 1.29 is 9.47 Å². The second-order valence-electron chi connectivity index (χ2n) is 7.06. The molecule has 2 heterocycles. The van der Waals surface area contributed by atoms with Gasteiger partial charge in [0.1, 0.15) is 6.10 Å². The summed E-state index contributed by atoms with van der Waals surface area (Å²) in [4.78, 5) is 1.24. The lowest BCUT2D eigenvalue weighted by molar-refractivity contribution is -0.169. The molecule has 2 aliphatic rings. The molecule has 2 aromatic rings. The van der Waals surface area contributed by atoms with Gasteiger partial charge in [-0.15, -0.1) is 23.4 Å². The van der Waals surface area contributed by atoms with Crippen molar-refractivity contribution in [2.24, 2.45) is 0 Å². The second kappa shape index (κ2) is 7.32. The van der Waals surface area contributed by atoms with Crippen LogP contribution in [0.5, 0.6) is 0 Å². The number of benzene rings is 2. The molecule has 2 saturated heterocycles.